The molecule has 1 saturated heterocycles. The van der Waals surface area contributed by atoms with Crippen molar-refractivity contribution in [2.24, 2.45) is 0 Å². The van der Waals surface area contributed by atoms with Gasteiger partial charge in [-0.3, -0.25) is 4.79 Å². The number of carbonyl (C=O) groups excluding carboxylic acids is 1. The van der Waals surface area contributed by atoms with Crippen LogP contribution in [0.3, 0.4) is 0 Å². The standard InChI is InChI=1S/C14H15FN2O2/c1-2-19-13-6-4-3-5-12(13)14(18)17-9-10(15)7-11(17)8-16/h3-6,10-11H,2,7,9H2,1H3. The van der Waals surface area contributed by atoms with Crippen molar-refractivity contribution < 1.29 is 13.9 Å². The molecule has 2 unspecified atom stereocenters. The number of rotatable bonds is 3. The van der Waals surface area contributed by atoms with Crippen molar-refractivity contribution in [3.05, 3.63) is 29.8 Å². The normalized spacial score (nSPS) is 22.1. The number of hydrogen-bond donors (Lipinski definition) is 0. The topological polar surface area (TPSA) is 53.3 Å². The van der Waals surface area contributed by atoms with Crippen LogP contribution in [0.5, 0.6) is 5.75 Å². The molecule has 0 bridgehead atoms. The molecule has 1 heterocycles. The number of halogens is 1. The summed E-state index contributed by atoms with van der Waals surface area (Å²) in [5.41, 5.74) is 0.374. The maximum Gasteiger partial charge on any atom is 0.258 e. The van der Waals surface area contributed by atoms with Gasteiger partial charge in [0.15, 0.2) is 0 Å². The fraction of sp³-hybridized carbons (Fsp3) is 0.429. The first-order valence-corrected chi connectivity index (χ1v) is 6.23. The molecule has 4 nitrogen and oxygen atoms in total. The highest BCUT2D eigenvalue weighted by atomic mass is 19.1. The van der Waals surface area contributed by atoms with Gasteiger partial charge >= 0.3 is 0 Å². The lowest BCUT2D eigenvalue weighted by molar-refractivity contribution is 0.0752. The summed E-state index contributed by atoms with van der Waals surface area (Å²) in [5, 5.41) is 8.98. The number of ether oxygens (including phenoxy) is 1. The summed E-state index contributed by atoms with van der Waals surface area (Å²) in [6, 6.07) is 8.09. The highest BCUT2D eigenvalue weighted by Gasteiger charge is 2.36. The van der Waals surface area contributed by atoms with Crippen molar-refractivity contribution in [1.29, 1.82) is 5.26 Å². The first-order chi connectivity index (χ1) is 9.17. The zero-order valence-corrected chi connectivity index (χ0v) is 10.7. The highest BCUT2D eigenvalue weighted by Crippen LogP contribution is 2.26. The van der Waals surface area contributed by atoms with Crippen molar-refractivity contribution in [1.82, 2.24) is 4.90 Å². The fourth-order valence-electron chi connectivity index (χ4n) is 2.21. The number of nitrogens with zero attached hydrogens (tertiary/aromatic N) is 2. The lowest BCUT2D eigenvalue weighted by Crippen LogP contribution is -2.35. The van der Waals surface area contributed by atoms with Crippen molar-refractivity contribution in [2.45, 2.75) is 25.6 Å². The second-order valence-corrected chi connectivity index (χ2v) is 4.36. The molecular formula is C14H15FN2O2. The predicted octanol–water partition coefficient (Wildman–Crippen LogP) is 2.16. The molecule has 0 N–H and O–H groups in total. The number of amides is 1. The van der Waals surface area contributed by atoms with E-state index in [2.05, 4.69) is 0 Å². The van der Waals surface area contributed by atoms with E-state index in [1.807, 2.05) is 13.0 Å². The largest absolute Gasteiger partial charge is 0.493 e. The minimum atomic E-state index is -1.13. The molecule has 0 aromatic heterocycles. The van der Waals surface area contributed by atoms with Crippen LogP contribution in [0, 0.1) is 11.3 Å². The number of likely N-dealkylation sites (tertiary alicyclic amines) is 1. The average Bonchev–Trinajstić information content (AvgIpc) is 2.80. The Bertz CT molecular complexity index is 512. The summed E-state index contributed by atoms with van der Waals surface area (Å²) in [6.45, 7) is 2.24. The monoisotopic (exact) mass is 262 g/mol. The van der Waals surface area contributed by atoms with Crippen LogP contribution in [0.2, 0.25) is 0 Å². The Morgan fingerprint density at radius 3 is 3.00 bits per heavy atom. The van der Waals surface area contributed by atoms with E-state index >= 15 is 0 Å². The summed E-state index contributed by atoms with van der Waals surface area (Å²) >= 11 is 0. The maximum atomic E-state index is 13.4. The Labute approximate surface area is 111 Å². The minimum Gasteiger partial charge on any atom is -0.493 e. The van der Waals surface area contributed by atoms with Crippen LogP contribution >= 0.6 is 0 Å². The predicted molar refractivity (Wildman–Crippen MR) is 67.6 cm³/mol. The zero-order valence-electron chi connectivity index (χ0n) is 10.7. The van der Waals surface area contributed by atoms with Gasteiger partial charge in [0.2, 0.25) is 0 Å². The first kappa shape index (κ1) is 13.3. The van der Waals surface area contributed by atoms with Crippen LogP contribution in [0.1, 0.15) is 23.7 Å². The van der Waals surface area contributed by atoms with E-state index in [0.717, 1.165) is 0 Å². The molecule has 0 saturated carbocycles. The molecule has 5 heteroatoms. The molecule has 1 aromatic carbocycles. The van der Waals surface area contributed by atoms with E-state index < -0.39 is 12.2 Å². The number of benzene rings is 1. The first-order valence-electron chi connectivity index (χ1n) is 6.23. The highest BCUT2D eigenvalue weighted by molar-refractivity contribution is 5.97. The number of hydrogen-bond acceptors (Lipinski definition) is 3. The third-order valence-electron chi connectivity index (χ3n) is 3.08. The zero-order chi connectivity index (χ0) is 13.8. The fourth-order valence-corrected chi connectivity index (χ4v) is 2.21. The Morgan fingerprint density at radius 2 is 2.32 bits per heavy atom. The summed E-state index contributed by atoms with van der Waals surface area (Å²) < 4.78 is 18.7. The molecule has 0 radical (unpaired) electrons. The van der Waals surface area contributed by atoms with Crippen LogP contribution < -0.4 is 4.74 Å². The lowest BCUT2D eigenvalue weighted by atomic mass is 10.1. The molecule has 2 rings (SSSR count). The minimum absolute atomic E-state index is 0.0302. The van der Waals surface area contributed by atoms with E-state index in [1.165, 1.54) is 4.90 Å². The summed E-state index contributed by atoms with van der Waals surface area (Å²) in [4.78, 5) is 13.7. The molecule has 2 atom stereocenters. The van der Waals surface area contributed by atoms with Gasteiger partial charge in [-0.05, 0) is 19.1 Å². The summed E-state index contributed by atoms with van der Waals surface area (Å²) in [7, 11) is 0. The van der Waals surface area contributed by atoms with Gasteiger partial charge in [-0.1, -0.05) is 12.1 Å². The Kier molecular flexibility index (Phi) is 4.00. The van der Waals surface area contributed by atoms with Gasteiger partial charge in [-0.15, -0.1) is 0 Å². The van der Waals surface area contributed by atoms with Crippen molar-refractivity contribution in [3.63, 3.8) is 0 Å². The summed E-state index contributed by atoms with van der Waals surface area (Å²) in [5.74, 6) is 0.116. The van der Waals surface area contributed by atoms with Crippen LogP contribution in [0.15, 0.2) is 24.3 Å². The molecule has 0 spiro atoms. The second-order valence-electron chi connectivity index (χ2n) is 4.36. The van der Waals surface area contributed by atoms with E-state index in [-0.39, 0.29) is 18.9 Å². The van der Waals surface area contributed by atoms with Gasteiger partial charge < -0.3 is 9.64 Å². The van der Waals surface area contributed by atoms with Crippen LogP contribution in [-0.2, 0) is 0 Å². The van der Waals surface area contributed by atoms with Gasteiger partial charge in [-0.2, -0.15) is 5.26 Å². The Morgan fingerprint density at radius 1 is 1.58 bits per heavy atom. The van der Waals surface area contributed by atoms with E-state index in [9.17, 15) is 9.18 Å². The molecule has 1 amide bonds. The van der Waals surface area contributed by atoms with Crippen molar-refractivity contribution in [3.8, 4) is 11.8 Å². The Balaban J connectivity index is 2.27. The number of para-hydroxylation sites is 1. The van der Waals surface area contributed by atoms with Crippen molar-refractivity contribution >= 4 is 5.91 Å². The quantitative estimate of drug-likeness (QED) is 0.838. The smallest absolute Gasteiger partial charge is 0.258 e. The van der Waals surface area contributed by atoms with E-state index in [1.54, 1.807) is 24.3 Å². The number of carbonyl (C=O) groups is 1. The third kappa shape index (κ3) is 2.68. The molecule has 1 aromatic rings. The van der Waals surface area contributed by atoms with E-state index in [4.69, 9.17) is 10.00 Å². The number of nitriles is 1. The van der Waals surface area contributed by atoms with Crippen LogP contribution in [0.4, 0.5) is 4.39 Å². The molecule has 1 aliphatic rings. The summed E-state index contributed by atoms with van der Waals surface area (Å²) in [6.07, 6.45) is -1.05. The molecule has 0 aliphatic carbocycles. The SMILES string of the molecule is CCOc1ccccc1C(=O)N1CC(F)CC1C#N. The molecule has 100 valence electrons. The van der Waals surface area contributed by atoms with Crippen LogP contribution in [-0.4, -0.2) is 36.2 Å². The lowest BCUT2D eigenvalue weighted by Gasteiger charge is -2.20. The van der Waals surface area contributed by atoms with Gasteiger partial charge in [-0.25, -0.2) is 4.39 Å². The van der Waals surface area contributed by atoms with Crippen molar-refractivity contribution in [2.75, 3.05) is 13.2 Å². The third-order valence-corrected chi connectivity index (χ3v) is 3.08. The van der Waals surface area contributed by atoms with Gasteiger partial charge in [0.25, 0.3) is 5.91 Å². The Hall–Kier alpha value is -2.09. The van der Waals surface area contributed by atoms with Gasteiger partial charge in [0.1, 0.15) is 18.0 Å². The molecular weight excluding hydrogens is 247 g/mol. The van der Waals surface area contributed by atoms with Crippen LogP contribution in [0.25, 0.3) is 0 Å². The number of alkyl halides is 1. The van der Waals surface area contributed by atoms with Gasteiger partial charge in [0, 0.05) is 6.42 Å². The second kappa shape index (κ2) is 5.70. The van der Waals surface area contributed by atoms with Gasteiger partial charge in [0.05, 0.1) is 24.8 Å². The molecule has 1 aliphatic heterocycles. The van der Waals surface area contributed by atoms with E-state index in [0.29, 0.717) is 17.9 Å². The molecule has 1 fully saturated rings. The maximum absolute atomic E-state index is 13.4. The molecule has 19 heavy (non-hydrogen) atoms. The average molecular weight is 262 g/mol.